The number of likely N-dealkylation sites (tertiary alicyclic amines) is 1. The van der Waals surface area contributed by atoms with Crippen LogP contribution in [0.1, 0.15) is 29.6 Å². The van der Waals surface area contributed by atoms with Gasteiger partial charge in [-0.3, -0.25) is 4.79 Å². The Hall–Kier alpha value is -2.61. The number of carbonyl (C=O) groups is 2. The standard InChI is InChI=1S/C19H19ClFN3O4/c20-13-7-14(21)16(22-9-13)23-4-2-19(3-5-23)8-15(18(26)27)24(11-19)17(25)12-1-6-28-10-12/h1,6-7,9-10,15H,2-5,8,11H2,(H,26,27). The third-order valence-electron chi connectivity index (χ3n) is 5.73. The zero-order valence-corrected chi connectivity index (χ0v) is 15.7. The number of anilines is 1. The van der Waals surface area contributed by atoms with Crippen LogP contribution in [-0.4, -0.2) is 52.5 Å². The number of aromatic nitrogens is 1. The molecule has 28 heavy (non-hydrogen) atoms. The second-order valence-electron chi connectivity index (χ2n) is 7.45. The molecule has 9 heteroatoms. The number of carbonyl (C=O) groups excluding carboxylic acids is 1. The topological polar surface area (TPSA) is 86.9 Å². The van der Waals surface area contributed by atoms with Crippen molar-refractivity contribution in [2.45, 2.75) is 25.3 Å². The van der Waals surface area contributed by atoms with Crippen molar-refractivity contribution >= 4 is 29.3 Å². The number of hydrogen-bond donors (Lipinski definition) is 1. The fourth-order valence-corrected chi connectivity index (χ4v) is 4.38. The van der Waals surface area contributed by atoms with Gasteiger partial charge in [0.1, 0.15) is 12.3 Å². The fraction of sp³-hybridized carbons (Fsp3) is 0.421. The highest BCUT2D eigenvalue weighted by molar-refractivity contribution is 6.30. The Labute approximate surface area is 165 Å². The number of rotatable bonds is 3. The molecular formula is C19H19ClFN3O4. The lowest BCUT2D eigenvalue weighted by Crippen LogP contribution is -2.43. The molecule has 2 aromatic rings. The molecule has 0 aliphatic carbocycles. The number of pyridine rings is 1. The Morgan fingerprint density at radius 3 is 2.71 bits per heavy atom. The van der Waals surface area contributed by atoms with Crippen LogP contribution in [0.3, 0.4) is 0 Å². The van der Waals surface area contributed by atoms with E-state index >= 15 is 0 Å². The average Bonchev–Trinajstić information content (AvgIpc) is 3.31. The summed E-state index contributed by atoms with van der Waals surface area (Å²) >= 11 is 5.77. The van der Waals surface area contributed by atoms with E-state index in [1.165, 1.54) is 35.8 Å². The van der Waals surface area contributed by atoms with Crippen LogP contribution < -0.4 is 4.90 Å². The fourth-order valence-electron chi connectivity index (χ4n) is 4.24. The van der Waals surface area contributed by atoms with E-state index in [9.17, 15) is 19.1 Å². The van der Waals surface area contributed by atoms with E-state index in [4.69, 9.17) is 16.0 Å². The number of carboxylic acids is 1. The van der Waals surface area contributed by atoms with E-state index in [1.807, 2.05) is 4.90 Å². The van der Waals surface area contributed by atoms with Gasteiger partial charge >= 0.3 is 5.97 Å². The summed E-state index contributed by atoms with van der Waals surface area (Å²) in [6, 6.07) is 1.89. The van der Waals surface area contributed by atoms with Crippen molar-refractivity contribution in [2.24, 2.45) is 5.41 Å². The lowest BCUT2D eigenvalue weighted by Gasteiger charge is -2.39. The first-order valence-electron chi connectivity index (χ1n) is 9.00. The third-order valence-corrected chi connectivity index (χ3v) is 5.94. The van der Waals surface area contributed by atoms with E-state index in [-0.39, 0.29) is 22.2 Å². The van der Waals surface area contributed by atoms with Crippen molar-refractivity contribution in [1.82, 2.24) is 9.88 Å². The summed E-state index contributed by atoms with van der Waals surface area (Å²) in [6.07, 6.45) is 5.80. The van der Waals surface area contributed by atoms with Gasteiger partial charge in [0.05, 0.1) is 16.8 Å². The summed E-state index contributed by atoms with van der Waals surface area (Å²) in [6.45, 7) is 1.43. The molecule has 0 aromatic carbocycles. The van der Waals surface area contributed by atoms with Crippen molar-refractivity contribution in [3.05, 3.63) is 47.3 Å². The predicted molar refractivity (Wildman–Crippen MR) is 98.9 cm³/mol. The monoisotopic (exact) mass is 407 g/mol. The van der Waals surface area contributed by atoms with Crippen molar-refractivity contribution in [1.29, 1.82) is 0 Å². The molecule has 1 amide bonds. The normalized spacial score (nSPS) is 21.3. The molecule has 1 spiro atoms. The maximum atomic E-state index is 14.2. The molecule has 7 nitrogen and oxygen atoms in total. The molecule has 4 rings (SSSR count). The second-order valence-corrected chi connectivity index (χ2v) is 7.89. The molecular weight excluding hydrogens is 389 g/mol. The van der Waals surface area contributed by atoms with Crippen LogP contribution in [0.5, 0.6) is 0 Å². The van der Waals surface area contributed by atoms with E-state index in [0.29, 0.717) is 44.5 Å². The molecule has 2 aromatic heterocycles. The predicted octanol–water partition coefficient (Wildman–Crippen LogP) is 3.05. The van der Waals surface area contributed by atoms with Crippen molar-refractivity contribution < 1.29 is 23.5 Å². The SMILES string of the molecule is O=C(O)C1CC2(CCN(c3ncc(Cl)cc3F)CC2)CN1C(=O)c1ccoc1. The van der Waals surface area contributed by atoms with Gasteiger partial charge in [0, 0.05) is 25.8 Å². The molecule has 0 bridgehead atoms. The summed E-state index contributed by atoms with van der Waals surface area (Å²) in [5.41, 5.74) is 0.0372. The molecule has 2 fully saturated rings. The van der Waals surface area contributed by atoms with Gasteiger partial charge in [0.15, 0.2) is 11.6 Å². The molecule has 2 aliphatic heterocycles. The Morgan fingerprint density at radius 2 is 2.11 bits per heavy atom. The quantitative estimate of drug-likeness (QED) is 0.841. The minimum Gasteiger partial charge on any atom is -0.480 e. The van der Waals surface area contributed by atoms with Gasteiger partial charge in [-0.1, -0.05) is 11.6 Å². The number of aliphatic carboxylic acids is 1. The molecule has 148 valence electrons. The second kappa shape index (κ2) is 7.09. The molecule has 2 saturated heterocycles. The summed E-state index contributed by atoms with van der Waals surface area (Å²) in [7, 11) is 0. The first-order valence-corrected chi connectivity index (χ1v) is 9.38. The lowest BCUT2D eigenvalue weighted by molar-refractivity contribution is -0.141. The van der Waals surface area contributed by atoms with Crippen LogP contribution >= 0.6 is 11.6 Å². The van der Waals surface area contributed by atoms with Gasteiger partial charge in [-0.15, -0.1) is 0 Å². The Bertz CT molecular complexity index is 897. The van der Waals surface area contributed by atoms with E-state index in [2.05, 4.69) is 4.98 Å². The van der Waals surface area contributed by atoms with Crippen molar-refractivity contribution in [3.8, 4) is 0 Å². The third kappa shape index (κ3) is 3.32. The highest BCUT2D eigenvalue weighted by Gasteiger charge is 2.50. The van der Waals surface area contributed by atoms with Gasteiger partial charge in [-0.05, 0) is 36.8 Å². The first-order chi connectivity index (χ1) is 13.4. The van der Waals surface area contributed by atoms with E-state index in [0.717, 1.165) is 0 Å². The van der Waals surface area contributed by atoms with Gasteiger partial charge in [0.25, 0.3) is 5.91 Å². The van der Waals surface area contributed by atoms with Gasteiger partial charge in [-0.25, -0.2) is 14.2 Å². The zero-order valence-electron chi connectivity index (χ0n) is 15.0. The summed E-state index contributed by atoms with van der Waals surface area (Å²) in [4.78, 5) is 31.9. The van der Waals surface area contributed by atoms with E-state index in [1.54, 1.807) is 0 Å². The van der Waals surface area contributed by atoms with Gasteiger partial charge < -0.3 is 19.3 Å². The highest BCUT2D eigenvalue weighted by atomic mass is 35.5. The summed E-state index contributed by atoms with van der Waals surface area (Å²) in [5.74, 6) is -1.58. The number of halogens is 2. The van der Waals surface area contributed by atoms with E-state index < -0.39 is 17.8 Å². The van der Waals surface area contributed by atoms with Crippen LogP contribution in [0.2, 0.25) is 5.02 Å². The number of carboxylic acid groups (broad SMARTS) is 1. The molecule has 1 unspecified atom stereocenters. The maximum absolute atomic E-state index is 14.2. The smallest absolute Gasteiger partial charge is 0.326 e. The largest absolute Gasteiger partial charge is 0.480 e. The van der Waals surface area contributed by atoms with Crippen molar-refractivity contribution in [3.63, 3.8) is 0 Å². The van der Waals surface area contributed by atoms with Crippen LogP contribution in [0, 0.1) is 11.2 Å². The molecule has 4 heterocycles. The maximum Gasteiger partial charge on any atom is 0.326 e. The highest BCUT2D eigenvalue weighted by Crippen LogP contribution is 2.44. The Morgan fingerprint density at radius 1 is 1.36 bits per heavy atom. The number of piperidine rings is 1. The molecule has 1 atom stereocenters. The van der Waals surface area contributed by atoms with Crippen LogP contribution in [0.15, 0.2) is 35.3 Å². The average molecular weight is 408 g/mol. The molecule has 0 saturated carbocycles. The molecule has 0 radical (unpaired) electrons. The number of hydrogen-bond acceptors (Lipinski definition) is 5. The summed E-state index contributed by atoms with van der Waals surface area (Å²) in [5, 5.41) is 9.88. The van der Waals surface area contributed by atoms with Gasteiger partial charge in [-0.2, -0.15) is 0 Å². The summed E-state index contributed by atoms with van der Waals surface area (Å²) < 4.78 is 19.1. The first kappa shape index (κ1) is 18.7. The van der Waals surface area contributed by atoms with Crippen LogP contribution in [0.4, 0.5) is 10.2 Å². The Kier molecular flexibility index (Phi) is 4.74. The van der Waals surface area contributed by atoms with Crippen LogP contribution in [0.25, 0.3) is 0 Å². The number of amides is 1. The Balaban J connectivity index is 1.50. The minimum atomic E-state index is -1.01. The van der Waals surface area contributed by atoms with Crippen molar-refractivity contribution in [2.75, 3.05) is 24.5 Å². The zero-order chi connectivity index (χ0) is 19.9. The van der Waals surface area contributed by atoms with Crippen LogP contribution in [-0.2, 0) is 4.79 Å². The lowest BCUT2D eigenvalue weighted by atomic mass is 9.76. The number of furan rings is 1. The van der Waals surface area contributed by atoms with Gasteiger partial charge in [0.2, 0.25) is 0 Å². The molecule has 2 aliphatic rings. The molecule has 1 N–H and O–H groups in total. The minimum absolute atomic E-state index is 0.239. The number of nitrogens with zero attached hydrogens (tertiary/aromatic N) is 3.